The number of nitrogens with one attached hydrogen (secondary N) is 14. The number of carbonyl (C=O) groups is 14. The van der Waals surface area contributed by atoms with E-state index >= 15 is 0 Å². The Balaban J connectivity index is 6.23. The molecule has 0 unspecified atom stereocenters. The third-order valence-electron chi connectivity index (χ3n) is 17.7. The van der Waals surface area contributed by atoms with Gasteiger partial charge in [0, 0.05) is 365 Å². The van der Waals surface area contributed by atoms with Gasteiger partial charge in [-0.3, -0.25) is 72.0 Å². The highest BCUT2D eigenvalue weighted by molar-refractivity contribution is 5.81. The predicted molar refractivity (Wildman–Crippen MR) is 443 cm³/mol. The molecular weight excluding hydrogens is 1510 g/mol. The number of terminal acetylenes is 1. The van der Waals surface area contributed by atoms with Crippen LogP contribution < -0.4 is 120 Å². The van der Waals surface area contributed by atoms with E-state index in [-0.39, 0.29) is 323 Å². The molecule has 0 rings (SSSR count). The molecule has 30 N–H and O–H groups in total. The second-order valence-electron chi connectivity index (χ2n) is 27.2. The molecule has 0 aromatic rings. The first-order valence-corrected chi connectivity index (χ1v) is 40.8. The van der Waals surface area contributed by atoms with Gasteiger partial charge in [-0.25, -0.2) is 0 Å². The number of nitrogens with zero attached hydrogens (tertiary/aromatic N) is 7. The Morgan fingerprint density at radius 2 is 0.276 bits per heavy atom. The molecule has 0 aliphatic rings. The second-order valence-corrected chi connectivity index (χ2v) is 27.2. The van der Waals surface area contributed by atoms with E-state index in [1.165, 1.54) is 0 Å². The van der Waals surface area contributed by atoms with E-state index in [2.05, 4.69) is 80.4 Å². The Morgan fingerprint density at radius 3 is 0.379 bits per heavy atom. The van der Waals surface area contributed by atoms with Crippen LogP contribution in [-0.4, -0.2) is 398 Å². The Bertz CT molecular complexity index is 2400. The predicted octanol–water partition coefficient (Wildman–Crippen LogP) is -12.5. The molecule has 0 saturated heterocycles. The van der Waals surface area contributed by atoms with E-state index < -0.39 is 0 Å². The topological polar surface area (TPSA) is 638 Å². The summed E-state index contributed by atoms with van der Waals surface area (Å²) in [5, 5.41) is 39.3. The summed E-state index contributed by atoms with van der Waals surface area (Å²) in [6.07, 6.45) is 7.02. The lowest BCUT2D eigenvalue weighted by Crippen LogP contribution is -2.42. The highest BCUT2D eigenvalue weighted by atomic mass is 16.2. The fourth-order valence-electron chi connectivity index (χ4n) is 11.1. The smallest absolute Gasteiger partial charge is 0.221 e. The van der Waals surface area contributed by atoms with E-state index in [0.717, 1.165) is 0 Å². The summed E-state index contributed by atoms with van der Waals surface area (Å²) in [6.45, 7) is 11.5. The molecule has 0 atom stereocenters. The van der Waals surface area contributed by atoms with E-state index in [9.17, 15) is 67.1 Å². The lowest BCUT2D eigenvalue weighted by atomic mass is 10.2. The minimum absolute atomic E-state index is 0.00759. The lowest BCUT2D eigenvalue weighted by Gasteiger charge is -2.24. The van der Waals surface area contributed by atoms with Crippen LogP contribution in [0.3, 0.4) is 0 Å². The molecule has 0 saturated carbocycles. The zero-order valence-electron chi connectivity index (χ0n) is 68.8. The number of hydrogen-bond donors (Lipinski definition) is 22. The second kappa shape index (κ2) is 74.1. The third-order valence-corrected chi connectivity index (χ3v) is 17.7. The van der Waals surface area contributed by atoms with Crippen LogP contribution >= 0.6 is 0 Å². The van der Waals surface area contributed by atoms with Gasteiger partial charge in [-0.1, -0.05) is 5.92 Å². The number of amides is 14. The average Bonchev–Trinajstić information content (AvgIpc) is 0.949. The molecule has 116 heavy (non-hydrogen) atoms. The zero-order valence-corrected chi connectivity index (χ0v) is 68.8. The minimum atomic E-state index is -0.324. The fourth-order valence-corrected chi connectivity index (χ4v) is 11.1. The van der Waals surface area contributed by atoms with Gasteiger partial charge in [-0.2, -0.15) is 0 Å². The number of nitrogens with two attached hydrogens (primary N) is 8. The summed E-state index contributed by atoms with van der Waals surface area (Å²) in [4.78, 5) is 193. The van der Waals surface area contributed by atoms with Crippen molar-refractivity contribution in [2.45, 2.75) is 89.9 Å². The molecular formula is C73H145N29O14. The van der Waals surface area contributed by atoms with Crippen molar-refractivity contribution in [3.63, 3.8) is 0 Å². The van der Waals surface area contributed by atoms with Crippen molar-refractivity contribution < 1.29 is 67.1 Å². The third kappa shape index (κ3) is 65.7. The first-order chi connectivity index (χ1) is 56.0. The maximum absolute atomic E-state index is 13.5. The van der Waals surface area contributed by atoms with Gasteiger partial charge in [-0.05, 0) is 0 Å². The van der Waals surface area contributed by atoms with Gasteiger partial charge in [0.15, 0.2) is 0 Å². The van der Waals surface area contributed by atoms with Crippen molar-refractivity contribution in [3.05, 3.63) is 0 Å². The van der Waals surface area contributed by atoms with Gasteiger partial charge in [-0.15, -0.1) is 6.42 Å². The molecule has 666 valence electrons. The first kappa shape index (κ1) is 108. The average molecular weight is 1650 g/mol. The molecule has 43 heteroatoms. The van der Waals surface area contributed by atoms with Crippen molar-refractivity contribution in [1.82, 2.24) is 109 Å². The van der Waals surface area contributed by atoms with Gasteiger partial charge in [0.1, 0.15) is 0 Å². The Labute approximate surface area is 685 Å². The molecule has 0 spiro atoms. The number of carbonyl (C=O) groups excluding carboxylic acids is 14. The Kier molecular flexibility index (Phi) is 68.7. The van der Waals surface area contributed by atoms with Crippen molar-refractivity contribution >= 4 is 82.7 Å². The summed E-state index contributed by atoms with van der Waals surface area (Å²) >= 11 is 0. The molecule has 14 amide bonds. The van der Waals surface area contributed by atoms with Crippen LogP contribution in [0.5, 0.6) is 0 Å². The molecule has 0 aliphatic carbocycles. The maximum atomic E-state index is 13.5. The molecule has 0 aromatic carbocycles. The maximum Gasteiger partial charge on any atom is 0.221 e. The van der Waals surface area contributed by atoms with Crippen LogP contribution in [0, 0.1) is 12.3 Å². The van der Waals surface area contributed by atoms with Crippen LogP contribution in [0.15, 0.2) is 0 Å². The van der Waals surface area contributed by atoms with Crippen LogP contribution in [0.1, 0.15) is 89.9 Å². The summed E-state index contributed by atoms with van der Waals surface area (Å²) in [5.74, 6) is -0.893. The zero-order chi connectivity index (χ0) is 86.0. The molecule has 0 fully saturated rings. The number of hydrogen-bond acceptors (Lipinski definition) is 29. The summed E-state index contributed by atoms with van der Waals surface area (Å²) in [6, 6.07) is 0. The van der Waals surface area contributed by atoms with Gasteiger partial charge >= 0.3 is 0 Å². The largest absolute Gasteiger partial charge is 0.355 e. The van der Waals surface area contributed by atoms with Gasteiger partial charge in [0.2, 0.25) is 82.7 Å². The molecule has 0 heterocycles. The first-order valence-electron chi connectivity index (χ1n) is 40.8. The van der Waals surface area contributed by atoms with E-state index in [1.54, 1.807) is 4.90 Å². The summed E-state index contributed by atoms with van der Waals surface area (Å²) in [7, 11) is 0. The number of rotatable bonds is 77. The van der Waals surface area contributed by atoms with E-state index in [0.29, 0.717) is 131 Å². The van der Waals surface area contributed by atoms with Gasteiger partial charge in [0.25, 0.3) is 0 Å². The van der Waals surface area contributed by atoms with Crippen LogP contribution in [-0.2, 0) is 67.1 Å². The highest BCUT2D eigenvalue weighted by Gasteiger charge is 2.21. The van der Waals surface area contributed by atoms with Crippen molar-refractivity contribution in [3.8, 4) is 12.3 Å². The molecule has 0 radical (unpaired) electrons. The minimum Gasteiger partial charge on any atom is -0.355 e. The standard InChI is InChI=1S/C73H145N29O14/c1-2-39-96(40-3-68(111)90-33-58-101(50-13-70(113)92-35-54-97(42-5-60(103)82-25-17-74)43-6-61(104)83-26-18-75)51-14-71(114)93-36-55-98(44-7-62(105)84-27-19-76)45-8-63(106)85-28-20-77)41-4-69(112)91-34-59-102(52-15-72(115)94-37-56-99(46-9-64(107)86-29-21-78)47-10-65(108)87-30-22-79)53-16-73(116)95-38-57-100(48-11-66(109)88-31-23-80)49-12-67(110)89-32-24-81/h1H,3-59,74-81H2,(H,82,103)(H,83,104)(H,84,105)(H,85,106)(H,86,107)(H,87,108)(H,88,109)(H,89,110)(H,90,111)(H,91,112)(H,92,113)(H,93,114)(H,94,115)(H,95,116). The van der Waals surface area contributed by atoms with Crippen LogP contribution in [0.4, 0.5) is 0 Å². The Morgan fingerprint density at radius 1 is 0.172 bits per heavy atom. The van der Waals surface area contributed by atoms with Crippen LogP contribution in [0.25, 0.3) is 0 Å². The normalized spacial score (nSPS) is 11.2. The van der Waals surface area contributed by atoms with E-state index in [1.807, 2.05) is 29.4 Å². The summed E-state index contributed by atoms with van der Waals surface area (Å²) < 4.78 is 0. The molecule has 0 aromatic heterocycles. The van der Waals surface area contributed by atoms with Crippen molar-refractivity contribution in [2.75, 3.05) is 281 Å². The van der Waals surface area contributed by atoms with Crippen LogP contribution in [0.2, 0.25) is 0 Å². The SMILES string of the molecule is C#CCN(CCC(=O)NCCN(CCC(=O)NCCN(CCC(=O)NCCN)CCC(=O)NCCN)CCC(=O)NCCN(CCC(=O)NCCN)CCC(=O)NCCN)CCC(=O)NCCN(CCC(=O)NCCN(CCC(=O)NCCN)CCC(=O)NCCN)CCC(=O)NCCN(CCC(=O)NCCN)CCC(=O)NCCN. The quantitative estimate of drug-likeness (QED) is 0.0251. The molecule has 0 bridgehead atoms. The van der Waals surface area contributed by atoms with Gasteiger partial charge < -0.3 is 150 Å². The van der Waals surface area contributed by atoms with E-state index in [4.69, 9.17) is 52.3 Å². The Hall–Kier alpha value is -8.46. The monoisotopic (exact) mass is 1650 g/mol. The molecule has 0 aliphatic heterocycles. The van der Waals surface area contributed by atoms with Gasteiger partial charge in [0.05, 0.1) is 6.54 Å². The van der Waals surface area contributed by atoms with Crippen molar-refractivity contribution in [2.24, 2.45) is 45.9 Å². The van der Waals surface area contributed by atoms with Crippen molar-refractivity contribution in [1.29, 1.82) is 0 Å². The summed E-state index contributed by atoms with van der Waals surface area (Å²) in [5.41, 5.74) is 44.3. The molecule has 43 nitrogen and oxygen atoms in total. The highest BCUT2D eigenvalue weighted by Crippen LogP contribution is 2.04. The fraction of sp³-hybridized carbons (Fsp3) is 0.781. The lowest BCUT2D eigenvalue weighted by molar-refractivity contribution is -0.123.